The lowest BCUT2D eigenvalue weighted by Crippen LogP contribution is -2.29. The number of aryl methyl sites for hydroxylation is 1. The molecule has 19 heavy (non-hydrogen) atoms. The molecule has 0 radical (unpaired) electrons. The Kier molecular flexibility index (Phi) is 5.16. The van der Waals surface area contributed by atoms with E-state index in [-0.39, 0.29) is 6.04 Å². The van der Waals surface area contributed by atoms with E-state index in [1.54, 1.807) is 0 Å². The first-order valence-corrected chi connectivity index (χ1v) is 7.65. The highest BCUT2D eigenvalue weighted by atomic mass is 79.9. The van der Waals surface area contributed by atoms with Gasteiger partial charge in [-0.05, 0) is 36.6 Å². The van der Waals surface area contributed by atoms with Gasteiger partial charge in [-0.2, -0.15) is 0 Å². The zero-order valence-corrected chi connectivity index (χ0v) is 13.8. The van der Waals surface area contributed by atoms with Crippen LogP contribution < -0.4 is 11.3 Å². The zero-order valence-electron chi connectivity index (χ0n) is 10.7. The van der Waals surface area contributed by atoms with E-state index in [1.165, 1.54) is 11.1 Å². The molecule has 0 aliphatic rings. The summed E-state index contributed by atoms with van der Waals surface area (Å²) in [4.78, 5) is 0. The van der Waals surface area contributed by atoms with Gasteiger partial charge in [0.2, 0.25) is 0 Å². The molecule has 1 atom stereocenters. The molecule has 0 spiro atoms. The quantitative estimate of drug-likeness (QED) is 0.611. The van der Waals surface area contributed by atoms with Crippen molar-refractivity contribution in [3.05, 3.63) is 68.1 Å². The predicted molar refractivity (Wildman–Crippen MR) is 86.8 cm³/mol. The van der Waals surface area contributed by atoms with Crippen molar-refractivity contribution in [1.29, 1.82) is 0 Å². The van der Waals surface area contributed by atoms with Crippen LogP contribution >= 0.6 is 31.9 Å². The van der Waals surface area contributed by atoms with Gasteiger partial charge in [-0.15, -0.1) is 0 Å². The van der Waals surface area contributed by atoms with Crippen LogP contribution in [0.25, 0.3) is 0 Å². The molecule has 0 bridgehead atoms. The monoisotopic (exact) mass is 382 g/mol. The summed E-state index contributed by atoms with van der Waals surface area (Å²) in [5.74, 6) is 5.72. The van der Waals surface area contributed by atoms with Gasteiger partial charge < -0.3 is 0 Å². The molecular formula is C15H16Br2N2. The van der Waals surface area contributed by atoms with Crippen molar-refractivity contribution in [2.75, 3.05) is 0 Å². The molecule has 2 nitrogen and oxygen atoms in total. The fraction of sp³-hybridized carbons (Fsp3) is 0.200. The molecule has 2 aromatic rings. The van der Waals surface area contributed by atoms with Crippen LogP contribution in [-0.2, 0) is 6.42 Å². The van der Waals surface area contributed by atoms with Gasteiger partial charge in [0.05, 0.1) is 6.04 Å². The number of hydrogen-bond donors (Lipinski definition) is 2. The van der Waals surface area contributed by atoms with Gasteiger partial charge in [0.1, 0.15) is 0 Å². The van der Waals surface area contributed by atoms with E-state index in [9.17, 15) is 0 Å². The number of benzene rings is 2. The highest BCUT2D eigenvalue weighted by Gasteiger charge is 2.14. The smallest absolute Gasteiger partial charge is 0.0511 e. The molecule has 3 N–H and O–H groups in total. The Hall–Kier alpha value is -0.680. The molecule has 0 aromatic heterocycles. The number of hydrazine groups is 1. The number of rotatable bonds is 4. The van der Waals surface area contributed by atoms with Gasteiger partial charge in [-0.3, -0.25) is 11.3 Å². The number of nitrogens with two attached hydrogens (primary N) is 1. The highest BCUT2D eigenvalue weighted by molar-refractivity contribution is 9.11. The van der Waals surface area contributed by atoms with Gasteiger partial charge in [-0.25, -0.2) is 0 Å². The van der Waals surface area contributed by atoms with Crippen LogP contribution in [0, 0.1) is 6.92 Å². The Labute approximate surface area is 130 Å². The summed E-state index contributed by atoms with van der Waals surface area (Å²) in [5.41, 5.74) is 6.60. The number of halogens is 2. The average molecular weight is 384 g/mol. The highest BCUT2D eigenvalue weighted by Crippen LogP contribution is 2.28. The zero-order chi connectivity index (χ0) is 13.8. The SMILES string of the molecule is Cc1cccc(CC(NN)c2ccc(Br)cc2Br)c1. The van der Waals surface area contributed by atoms with Crippen molar-refractivity contribution in [2.24, 2.45) is 5.84 Å². The Morgan fingerprint density at radius 2 is 1.95 bits per heavy atom. The lowest BCUT2D eigenvalue weighted by atomic mass is 9.98. The van der Waals surface area contributed by atoms with Crippen LogP contribution in [0.3, 0.4) is 0 Å². The standard InChI is InChI=1S/C15H16Br2N2/c1-10-3-2-4-11(7-10)8-15(19-18)13-6-5-12(16)9-14(13)17/h2-7,9,15,19H,8,18H2,1H3. The lowest BCUT2D eigenvalue weighted by molar-refractivity contribution is 0.550. The van der Waals surface area contributed by atoms with Crippen LogP contribution in [0.1, 0.15) is 22.7 Å². The molecule has 4 heteroatoms. The average Bonchev–Trinajstić information content (AvgIpc) is 2.37. The largest absolute Gasteiger partial charge is 0.271 e. The molecule has 0 saturated heterocycles. The summed E-state index contributed by atoms with van der Waals surface area (Å²) in [6.45, 7) is 2.10. The second-order valence-electron chi connectivity index (χ2n) is 4.58. The minimum atomic E-state index is 0.0873. The van der Waals surface area contributed by atoms with E-state index in [0.717, 1.165) is 20.9 Å². The van der Waals surface area contributed by atoms with Gasteiger partial charge in [0.15, 0.2) is 0 Å². The predicted octanol–water partition coefficient (Wildman–Crippen LogP) is 4.27. The van der Waals surface area contributed by atoms with Crippen LogP contribution in [0.2, 0.25) is 0 Å². The molecule has 0 aliphatic heterocycles. The summed E-state index contributed by atoms with van der Waals surface area (Å²) in [6.07, 6.45) is 0.860. The second kappa shape index (κ2) is 6.66. The fourth-order valence-corrected chi connectivity index (χ4v) is 3.44. The van der Waals surface area contributed by atoms with Gasteiger partial charge in [0.25, 0.3) is 0 Å². The lowest BCUT2D eigenvalue weighted by Gasteiger charge is -2.18. The van der Waals surface area contributed by atoms with Crippen LogP contribution in [0.4, 0.5) is 0 Å². The summed E-state index contributed by atoms with van der Waals surface area (Å²) in [5, 5.41) is 0. The summed E-state index contributed by atoms with van der Waals surface area (Å²) >= 11 is 7.05. The van der Waals surface area contributed by atoms with Crippen molar-refractivity contribution in [3.63, 3.8) is 0 Å². The van der Waals surface area contributed by atoms with Crippen LogP contribution in [0.15, 0.2) is 51.4 Å². The summed E-state index contributed by atoms with van der Waals surface area (Å²) in [6, 6.07) is 14.7. The van der Waals surface area contributed by atoms with Gasteiger partial charge in [-0.1, -0.05) is 67.8 Å². The number of hydrogen-bond acceptors (Lipinski definition) is 2. The normalized spacial score (nSPS) is 12.4. The van der Waals surface area contributed by atoms with Crippen molar-refractivity contribution in [2.45, 2.75) is 19.4 Å². The molecule has 1 unspecified atom stereocenters. The summed E-state index contributed by atoms with van der Waals surface area (Å²) in [7, 11) is 0. The molecule has 2 rings (SSSR count). The van der Waals surface area contributed by atoms with E-state index < -0.39 is 0 Å². The third-order valence-electron chi connectivity index (χ3n) is 3.06. The van der Waals surface area contributed by atoms with Crippen molar-refractivity contribution in [3.8, 4) is 0 Å². The third-order valence-corrected chi connectivity index (χ3v) is 4.24. The minimum absolute atomic E-state index is 0.0873. The molecule has 0 heterocycles. The molecule has 0 saturated carbocycles. The Morgan fingerprint density at radius 1 is 1.16 bits per heavy atom. The van der Waals surface area contributed by atoms with E-state index in [4.69, 9.17) is 5.84 Å². The Balaban J connectivity index is 2.25. The maximum Gasteiger partial charge on any atom is 0.0511 e. The molecule has 100 valence electrons. The molecule has 2 aromatic carbocycles. The van der Waals surface area contributed by atoms with E-state index >= 15 is 0 Å². The van der Waals surface area contributed by atoms with Crippen LogP contribution in [-0.4, -0.2) is 0 Å². The molecule has 0 fully saturated rings. The first kappa shape index (κ1) is 14.7. The Bertz CT molecular complexity index is 570. The number of nitrogens with one attached hydrogen (secondary N) is 1. The van der Waals surface area contributed by atoms with Crippen molar-refractivity contribution >= 4 is 31.9 Å². The van der Waals surface area contributed by atoms with E-state index in [1.807, 2.05) is 12.1 Å². The molecule has 0 aliphatic carbocycles. The van der Waals surface area contributed by atoms with Crippen molar-refractivity contribution < 1.29 is 0 Å². The Morgan fingerprint density at radius 3 is 2.58 bits per heavy atom. The van der Waals surface area contributed by atoms with Gasteiger partial charge >= 0.3 is 0 Å². The topological polar surface area (TPSA) is 38.0 Å². The minimum Gasteiger partial charge on any atom is -0.271 e. The van der Waals surface area contributed by atoms with Crippen molar-refractivity contribution in [1.82, 2.24) is 5.43 Å². The first-order valence-electron chi connectivity index (χ1n) is 6.07. The van der Waals surface area contributed by atoms with Gasteiger partial charge in [0, 0.05) is 8.95 Å². The van der Waals surface area contributed by atoms with E-state index in [0.29, 0.717) is 0 Å². The molecule has 0 amide bonds. The molecular weight excluding hydrogens is 368 g/mol. The second-order valence-corrected chi connectivity index (χ2v) is 6.35. The fourth-order valence-electron chi connectivity index (χ4n) is 2.12. The first-order chi connectivity index (χ1) is 9.10. The van der Waals surface area contributed by atoms with E-state index in [2.05, 4.69) is 74.5 Å². The summed E-state index contributed by atoms with van der Waals surface area (Å²) < 4.78 is 2.10. The maximum absolute atomic E-state index is 5.72. The third kappa shape index (κ3) is 3.89. The maximum atomic E-state index is 5.72. The van der Waals surface area contributed by atoms with Crippen LogP contribution in [0.5, 0.6) is 0 Å².